The Morgan fingerprint density at radius 3 is 2.65 bits per heavy atom. The van der Waals surface area contributed by atoms with Gasteiger partial charge in [0.15, 0.2) is 0 Å². The molecule has 0 spiro atoms. The fourth-order valence-electron chi connectivity index (χ4n) is 2.04. The van der Waals surface area contributed by atoms with Crippen LogP contribution in [0.2, 0.25) is 5.02 Å². The summed E-state index contributed by atoms with van der Waals surface area (Å²) in [5.41, 5.74) is 1.78. The maximum Gasteiger partial charge on any atom is 0.242 e. The lowest BCUT2D eigenvalue weighted by atomic mass is 10.2. The number of furan rings is 1. The lowest BCUT2D eigenvalue weighted by molar-refractivity contribution is 0.568. The van der Waals surface area contributed by atoms with E-state index < -0.39 is 10.0 Å². The van der Waals surface area contributed by atoms with Crippen molar-refractivity contribution in [2.45, 2.75) is 11.4 Å². The van der Waals surface area contributed by atoms with Crippen LogP contribution in [0.3, 0.4) is 0 Å². The molecule has 0 unspecified atom stereocenters. The average Bonchev–Trinajstić information content (AvgIpc) is 3.08. The van der Waals surface area contributed by atoms with E-state index in [1.54, 1.807) is 18.2 Å². The van der Waals surface area contributed by atoms with Crippen LogP contribution in [0.4, 0.5) is 0 Å². The molecular formula is C15H12ClN3O3S. The summed E-state index contributed by atoms with van der Waals surface area (Å²) >= 11 is 5.94. The lowest BCUT2D eigenvalue weighted by Gasteiger charge is -2.09. The van der Waals surface area contributed by atoms with Crippen molar-refractivity contribution in [2.75, 3.05) is 0 Å². The second-order valence-electron chi connectivity index (χ2n) is 4.62. The standard InChI is InChI=1S/C15H12ClN3O3S/c16-12-3-1-2-4-14(12)23(20,21)19-9-13-15(18-7-6-17-13)11-5-8-22-10-11/h1-8,10,19H,9H2. The monoisotopic (exact) mass is 349 g/mol. The highest BCUT2D eigenvalue weighted by atomic mass is 35.5. The van der Waals surface area contributed by atoms with Gasteiger partial charge >= 0.3 is 0 Å². The van der Waals surface area contributed by atoms with Gasteiger partial charge in [0, 0.05) is 18.0 Å². The highest BCUT2D eigenvalue weighted by Gasteiger charge is 2.18. The summed E-state index contributed by atoms with van der Waals surface area (Å²) in [7, 11) is -3.75. The maximum atomic E-state index is 12.4. The molecule has 0 saturated heterocycles. The van der Waals surface area contributed by atoms with Crippen LogP contribution in [0, 0.1) is 0 Å². The molecule has 0 amide bonds. The summed E-state index contributed by atoms with van der Waals surface area (Å²) in [5, 5.41) is 0.161. The van der Waals surface area contributed by atoms with Crippen LogP contribution in [0.25, 0.3) is 11.3 Å². The molecule has 3 rings (SSSR count). The van der Waals surface area contributed by atoms with Crippen molar-refractivity contribution in [2.24, 2.45) is 0 Å². The Morgan fingerprint density at radius 2 is 1.91 bits per heavy atom. The minimum absolute atomic E-state index is 0.0120. The van der Waals surface area contributed by atoms with Gasteiger partial charge in [-0.25, -0.2) is 13.1 Å². The molecular weight excluding hydrogens is 338 g/mol. The molecule has 0 aliphatic heterocycles. The van der Waals surface area contributed by atoms with Crippen molar-refractivity contribution >= 4 is 21.6 Å². The van der Waals surface area contributed by atoms with E-state index in [2.05, 4.69) is 14.7 Å². The van der Waals surface area contributed by atoms with Gasteiger partial charge < -0.3 is 4.42 Å². The minimum atomic E-state index is -3.75. The van der Waals surface area contributed by atoms with Gasteiger partial charge in [0.25, 0.3) is 0 Å². The number of sulfonamides is 1. The second-order valence-corrected chi connectivity index (χ2v) is 6.76. The molecule has 0 fully saturated rings. The molecule has 0 atom stereocenters. The minimum Gasteiger partial charge on any atom is -0.472 e. The Morgan fingerprint density at radius 1 is 1.13 bits per heavy atom. The third kappa shape index (κ3) is 3.42. The van der Waals surface area contributed by atoms with Crippen molar-refractivity contribution < 1.29 is 12.8 Å². The van der Waals surface area contributed by atoms with Gasteiger partial charge in [-0.05, 0) is 18.2 Å². The number of rotatable bonds is 5. The van der Waals surface area contributed by atoms with Crippen LogP contribution in [-0.4, -0.2) is 18.4 Å². The number of nitrogens with one attached hydrogen (secondary N) is 1. The smallest absolute Gasteiger partial charge is 0.242 e. The highest BCUT2D eigenvalue weighted by Crippen LogP contribution is 2.22. The van der Waals surface area contributed by atoms with Crippen molar-refractivity contribution in [3.63, 3.8) is 0 Å². The van der Waals surface area contributed by atoms with Crippen LogP contribution in [-0.2, 0) is 16.6 Å². The van der Waals surface area contributed by atoms with Crippen LogP contribution < -0.4 is 4.72 Å². The summed E-state index contributed by atoms with van der Waals surface area (Å²) in [6, 6.07) is 7.98. The number of aromatic nitrogens is 2. The van der Waals surface area contributed by atoms with E-state index in [1.165, 1.54) is 37.1 Å². The molecule has 0 aliphatic carbocycles. The van der Waals surface area contributed by atoms with E-state index in [0.29, 0.717) is 11.4 Å². The van der Waals surface area contributed by atoms with E-state index >= 15 is 0 Å². The van der Waals surface area contributed by atoms with E-state index in [9.17, 15) is 8.42 Å². The SMILES string of the molecule is O=S(=O)(NCc1nccnc1-c1ccoc1)c1ccccc1Cl. The number of hydrogen-bond donors (Lipinski definition) is 1. The Hall–Kier alpha value is -2.22. The van der Waals surface area contributed by atoms with Gasteiger partial charge in [0.2, 0.25) is 10.0 Å². The molecule has 0 radical (unpaired) electrons. The number of halogens is 1. The quantitative estimate of drug-likeness (QED) is 0.765. The molecule has 3 aromatic rings. The van der Waals surface area contributed by atoms with Crippen LogP contribution in [0.5, 0.6) is 0 Å². The van der Waals surface area contributed by atoms with Crippen molar-refractivity contribution in [1.29, 1.82) is 0 Å². The number of hydrogen-bond acceptors (Lipinski definition) is 5. The molecule has 0 aliphatic rings. The van der Waals surface area contributed by atoms with Gasteiger partial charge in [-0.3, -0.25) is 9.97 Å². The van der Waals surface area contributed by atoms with Gasteiger partial charge in [0.1, 0.15) is 4.90 Å². The average molecular weight is 350 g/mol. The molecule has 23 heavy (non-hydrogen) atoms. The zero-order valence-electron chi connectivity index (χ0n) is 11.8. The zero-order chi connectivity index (χ0) is 16.3. The molecule has 0 bridgehead atoms. The predicted octanol–water partition coefficient (Wildman–Crippen LogP) is 2.87. The van der Waals surface area contributed by atoms with Crippen LogP contribution >= 0.6 is 11.6 Å². The summed E-state index contributed by atoms with van der Waals surface area (Å²) in [4.78, 5) is 8.44. The van der Waals surface area contributed by atoms with Crippen molar-refractivity contribution in [3.05, 3.63) is 66.0 Å². The molecule has 1 N–H and O–H groups in total. The van der Waals surface area contributed by atoms with Gasteiger partial charge in [-0.2, -0.15) is 0 Å². The molecule has 118 valence electrons. The Balaban J connectivity index is 1.86. The first kappa shape index (κ1) is 15.7. The highest BCUT2D eigenvalue weighted by molar-refractivity contribution is 7.89. The summed E-state index contributed by atoms with van der Waals surface area (Å²) in [5.74, 6) is 0. The third-order valence-electron chi connectivity index (χ3n) is 3.12. The van der Waals surface area contributed by atoms with E-state index in [4.69, 9.17) is 16.0 Å². The van der Waals surface area contributed by atoms with Gasteiger partial charge in [-0.15, -0.1) is 0 Å². The van der Waals surface area contributed by atoms with E-state index in [0.717, 1.165) is 5.56 Å². The molecule has 0 saturated carbocycles. The summed E-state index contributed by atoms with van der Waals surface area (Å²) in [6.45, 7) is -0.0120. The maximum absolute atomic E-state index is 12.4. The van der Waals surface area contributed by atoms with Crippen molar-refractivity contribution in [1.82, 2.24) is 14.7 Å². The van der Waals surface area contributed by atoms with Crippen LogP contribution in [0.1, 0.15) is 5.69 Å². The van der Waals surface area contributed by atoms with Gasteiger partial charge in [-0.1, -0.05) is 23.7 Å². The predicted molar refractivity (Wildman–Crippen MR) is 85.2 cm³/mol. The zero-order valence-corrected chi connectivity index (χ0v) is 13.4. The first-order chi connectivity index (χ1) is 11.1. The fraction of sp³-hybridized carbons (Fsp3) is 0.0667. The number of nitrogens with zero attached hydrogens (tertiary/aromatic N) is 2. The molecule has 1 aromatic carbocycles. The van der Waals surface area contributed by atoms with Crippen molar-refractivity contribution in [3.8, 4) is 11.3 Å². The Bertz CT molecular complexity index is 911. The van der Waals surface area contributed by atoms with Crippen LogP contribution in [0.15, 0.2) is 64.6 Å². The van der Waals surface area contributed by atoms with Gasteiger partial charge in [0.05, 0.1) is 35.5 Å². The molecule has 2 heterocycles. The lowest BCUT2D eigenvalue weighted by Crippen LogP contribution is -2.24. The summed E-state index contributed by atoms with van der Waals surface area (Å²) < 4.78 is 32.2. The van der Waals surface area contributed by atoms with E-state index in [-0.39, 0.29) is 16.5 Å². The molecule has 6 nitrogen and oxygen atoms in total. The fourth-order valence-corrected chi connectivity index (χ4v) is 3.55. The third-order valence-corrected chi connectivity index (χ3v) is 5.03. The molecule has 8 heteroatoms. The normalized spacial score (nSPS) is 11.5. The van der Waals surface area contributed by atoms with E-state index in [1.807, 2.05) is 0 Å². The Kier molecular flexibility index (Phi) is 4.42. The first-order valence-corrected chi connectivity index (χ1v) is 8.51. The Labute approximate surface area is 138 Å². The summed E-state index contributed by atoms with van der Waals surface area (Å²) in [6.07, 6.45) is 6.08. The second kappa shape index (κ2) is 6.49. The molecule has 2 aromatic heterocycles. The first-order valence-electron chi connectivity index (χ1n) is 6.64. The number of benzene rings is 1. The largest absolute Gasteiger partial charge is 0.472 e. The topological polar surface area (TPSA) is 85.1 Å².